The first-order chi connectivity index (χ1) is 12.4. The highest BCUT2D eigenvalue weighted by Crippen LogP contribution is 2.15. The van der Waals surface area contributed by atoms with Gasteiger partial charge in [-0.1, -0.05) is 5.22 Å². The molecule has 26 heavy (non-hydrogen) atoms. The Bertz CT molecular complexity index is 642. The summed E-state index contributed by atoms with van der Waals surface area (Å²) in [5.41, 5.74) is 0.0426. The van der Waals surface area contributed by atoms with Gasteiger partial charge < -0.3 is 19.8 Å². The number of esters is 2. The van der Waals surface area contributed by atoms with Gasteiger partial charge in [-0.05, 0) is 20.3 Å². The lowest BCUT2D eigenvalue weighted by atomic mass is 10.1. The Hall–Kier alpha value is -2.98. The third-order valence-corrected chi connectivity index (χ3v) is 2.98. The summed E-state index contributed by atoms with van der Waals surface area (Å²) < 4.78 is 9.77. The van der Waals surface area contributed by atoms with E-state index >= 15 is 0 Å². The van der Waals surface area contributed by atoms with Crippen LogP contribution in [0.3, 0.4) is 0 Å². The van der Waals surface area contributed by atoms with Gasteiger partial charge in [0.05, 0.1) is 19.5 Å². The van der Waals surface area contributed by atoms with Crippen molar-refractivity contribution in [1.82, 2.24) is 20.3 Å². The van der Waals surface area contributed by atoms with Gasteiger partial charge in [0.15, 0.2) is 5.69 Å². The van der Waals surface area contributed by atoms with Gasteiger partial charge in [0.25, 0.3) is 5.91 Å². The summed E-state index contributed by atoms with van der Waals surface area (Å²) in [6.45, 7) is 3.72. The Kier molecular flexibility index (Phi) is 8.75. The molecule has 0 spiro atoms. The van der Waals surface area contributed by atoms with Crippen molar-refractivity contribution in [2.45, 2.75) is 32.7 Å². The zero-order chi connectivity index (χ0) is 19.5. The van der Waals surface area contributed by atoms with Crippen LogP contribution in [-0.4, -0.2) is 66.2 Å². The maximum Gasteiger partial charge on any atom is 0.328 e. The predicted octanol–water partition coefficient (Wildman–Crippen LogP) is 0.975. The molecular formula is C15H24N6O5. The first-order valence-electron chi connectivity index (χ1n) is 8.14. The van der Waals surface area contributed by atoms with Crippen molar-refractivity contribution >= 4 is 23.7 Å². The third kappa shape index (κ3) is 6.87. The summed E-state index contributed by atoms with van der Waals surface area (Å²) in [6, 6.07) is -1.01. The third-order valence-electron chi connectivity index (χ3n) is 2.98. The number of rotatable bonds is 10. The van der Waals surface area contributed by atoms with Crippen molar-refractivity contribution < 1.29 is 23.9 Å². The first kappa shape index (κ1) is 21.1. The number of aromatic nitrogens is 2. The number of nitrogens with zero attached hydrogens (tertiary/aromatic N) is 4. The van der Waals surface area contributed by atoms with Crippen LogP contribution >= 0.6 is 0 Å². The molecule has 0 saturated heterocycles. The molecule has 0 saturated carbocycles. The van der Waals surface area contributed by atoms with Crippen molar-refractivity contribution in [2.75, 3.05) is 27.3 Å². The Labute approximate surface area is 151 Å². The Balaban J connectivity index is 2.83. The maximum atomic E-state index is 12.4. The fourth-order valence-electron chi connectivity index (χ4n) is 1.88. The van der Waals surface area contributed by atoms with Gasteiger partial charge >= 0.3 is 11.9 Å². The van der Waals surface area contributed by atoms with Crippen LogP contribution in [0.5, 0.6) is 0 Å². The standard InChI is InChI=1S/C15H24N6O5/c1-5-25-11(22)8-7-10(15(24)26-6-2)18-14(23)12-13(17-9-16-12)19-20-21(3)4/h9-10H,5-8H2,1-4H3,(H,16,17)(H,18,23). The van der Waals surface area contributed by atoms with Gasteiger partial charge in [-0.15, -0.1) is 5.11 Å². The highest BCUT2D eigenvalue weighted by Gasteiger charge is 2.26. The maximum absolute atomic E-state index is 12.4. The van der Waals surface area contributed by atoms with Gasteiger partial charge in [0.1, 0.15) is 6.04 Å². The lowest BCUT2D eigenvalue weighted by Crippen LogP contribution is -2.42. The van der Waals surface area contributed by atoms with E-state index in [2.05, 4.69) is 25.6 Å². The number of nitrogens with one attached hydrogen (secondary N) is 2. The molecule has 1 heterocycles. The van der Waals surface area contributed by atoms with Crippen molar-refractivity contribution in [3.8, 4) is 0 Å². The minimum atomic E-state index is -1.01. The Morgan fingerprint density at radius 3 is 2.58 bits per heavy atom. The van der Waals surface area contributed by atoms with Crippen molar-refractivity contribution in [3.63, 3.8) is 0 Å². The summed E-state index contributed by atoms with van der Waals surface area (Å²) in [6.07, 6.45) is 1.30. The second-order valence-electron chi connectivity index (χ2n) is 5.26. The number of aromatic amines is 1. The lowest BCUT2D eigenvalue weighted by Gasteiger charge is -2.16. The monoisotopic (exact) mass is 368 g/mol. The molecule has 0 bridgehead atoms. The topological polar surface area (TPSA) is 138 Å². The number of amides is 1. The van der Waals surface area contributed by atoms with Gasteiger partial charge in [0.2, 0.25) is 5.82 Å². The molecule has 1 rings (SSSR count). The van der Waals surface area contributed by atoms with Crippen LogP contribution in [0.4, 0.5) is 5.82 Å². The average Bonchev–Trinajstić information content (AvgIpc) is 3.05. The number of H-pyrrole nitrogens is 1. The van der Waals surface area contributed by atoms with Crippen molar-refractivity contribution in [3.05, 3.63) is 12.0 Å². The molecule has 0 radical (unpaired) electrons. The molecule has 0 aromatic carbocycles. The number of carbonyl (C=O) groups excluding carboxylic acids is 3. The summed E-state index contributed by atoms with van der Waals surface area (Å²) in [4.78, 5) is 42.6. The number of hydrogen-bond acceptors (Lipinski definition) is 8. The van der Waals surface area contributed by atoms with Gasteiger partial charge in [-0.3, -0.25) is 14.6 Å². The van der Waals surface area contributed by atoms with Crippen LogP contribution in [0.1, 0.15) is 37.2 Å². The summed E-state index contributed by atoms with van der Waals surface area (Å²) in [7, 11) is 3.34. The molecule has 1 amide bonds. The fourth-order valence-corrected chi connectivity index (χ4v) is 1.88. The molecule has 2 N–H and O–H groups in total. The number of imidazole rings is 1. The van der Waals surface area contributed by atoms with Crippen LogP contribution in [0, 0.1) is 0 Å². The molecule has 1 unspecified atom stereocenters. The molecule has 0 aliphatic carbocycles. The van der Waals surface area contributed by atoms with E-state index in [0.29, 0.717) is 0 Å². The van der Waals surface area contributed by atoms with E-state index in [1.54, 1.807) is 27.9 Å². The number of hydrogen-bond donors (Lipinski definition) is 2. The molecule has 0 aliphatic rings. The molecule has 1 aromatic rings. The summed E-state index contributed by atoms with van der Waals surface area (Å²) in [5.74, 6) is -1.64. The van der Waals surface area contributed by atoms with E-state index in [4.69, 9.17) is 9.47 Å². The van der Waals surface area contributed by atoms with E-state index in [-0.39, 0.29) is 37.6 Å². The largest absolute Gasteiger partial charge is 0.466 e. The predicted molar refractivity (Wildman–Crippen MR) is 90.5 cm³/mol. The molecule has 144 valence electrons. The van der Waals surface area contributed by atoms with Crippen molar-refractivity contribution in [2.24, 2.45) is 10.3 Å². The number of ether oxygens (including phenoxy) is 2. The zero-order valence-electron chi connectivity index (χ0n) is 15.3. The Morgan fingerprint density at radius 1 is 1.27 bits per heavy atom. The second kappa shape index (κ2) is 10.8. The minimum Gasteiger partial charge on any atom is -0.466 e. The smallest absolute Gasteiger partial charge is 0.328 e. The molecule has 11 heteroatoms. The first-order valence-corrected chi connectivity index (χ1v) is 8.14. The highest BCUT2D eigenvalue weighted by atomic mass is 16.5. The van der Waals surface area contributed by atoms with Gasteiger partial charge in [-0.25, -0.2) is 9.78 Å². The second-order valence-corrected chi connectivity index (χ2v) is 5.26. The van der Waals surface area contributed by atoms with E-state index in [0.717, 1.165) is 0 Å². The fraction of sp³-hybridized carbons (Fsp3) is 0.600. The van der Waals surface area contributed by atoms with E-state index in [9.17, 15) is 14.4 Å². The highest BCUT2D eigenvalue weighted by molar-refractivity contribution is 5.98. The van der Waals surface area contributed by atoms with Crippen LogP contribution in [0.25, 0.3) is 0 Å². The average molecular weight is 368 g/mol. The van der Waals surface area contributed by atoms with Crippen LogP contribution in [0.2, 0.25) is 0 Å². The van der Waals surface area contributed by atoms with Crippen LogP contribution < -0.4 is 5.32 Å². The molecule has 0 fully saturated rings. The normalized spacial score (nSPS) is 11.8. The lowest BCUT2D eigenvalue weighted by molar-refractivity contribution is -0.146. The summed E-state index contributed by atoms with van der Waals surface area (Å²) >= 11 is 0. The van der Waals surface area contributed by atoms with E-state index in [1.165, 1.54) is 11.3 Å². The molecule has 11 nitrogen and oxygen atoms in total. The number of carbonyl (C=O) groups is 3. The Morgan fingerprint density at radius 2 is 1.96 bits per heavy atom. The van der Waals surface area contributed by atoms with Crippen LogP contribution in [-0.2, 0) is 19.1 Å². The molecule has 1 aromatic heterocycles. The van der Waals surface area contributed by atoms with E-state index < -0.39 is 23.9 Å². The minimum absolute atomic E-state index is 0.0340. The summed E-state index contributed by atoms with van der Waals surface area (Å²) in [5, 5.41) is 11.6. The van der Waals surface area contributed by atoms with Crippen molar-refractivity contribution in [1.29, 1.82) is 0 Å². The van der Waals surface area contributed by atoms with Gasteiger partial charge in [0, 0.05) is 20.5 Å². The quantitative estimate of drug-likeness (QED) is 0.356. The molecule has 0 aliphatic heterocycles. The van der Waals surface area contributed by atoms with E-state index in [1.807, 2.05) is 0 Å². The SMILES string of the molecule is CCOC(=O)CCC(NC(=O)c1[nH]cnc1N=NN(C)C)C(=O)OCC. The molecular weight excluding hydrogens is 344 g/mol. The molecule has 1 atom stereocenters. The van der Waals surface area contributed by atoms with Gasteiger partial charge in [-0.2, -0.15) is 0 Å². The zero-order valence-corrected chi connectivity index (χ0v) is 15.3. The van der Waals surface area contributed by atoms with Crippen LogP contribution in [0.15, 0.2) is 16.7 Å².